The predicted octanol–water partition coefficient (Wildman–Crippen LogP) is 0.850. The molecule has 2 N–H and O–H groups in total. The minimum absolute atomic E-state index is 0.0971. The van der Waals surface area contributed by atoms with Crippen molar-refractivity contribution in [2.75, 3.05) is 32.8 Å². The van der Waals surface area contributed by atoms with Crippen molar-refractivity contribution in [3.05, 3.63) is 0 Å². The van der Waals surface area contributed by atoms with Crippen molar-refractivity contribution in [2.24, 2.45) is 5.73 Å². The molecule has 16 heavy (non-hydrogen) atoms. The van der Waals surface area contributed by atoms with E-state index in [1.54, 1.807) is 0 Å². The van der Waals surface area contributed by atoms with Crippen molar-refractivity contribution in [3.63, 3.8) is 0 Å². The summed E-state index contributed by atoms with van der Waals surface area (Å²) in [6.45, 7) is 12.6. The highest BCUT2D eigenvalue weighted by Crippen LogP contribution is 2.20. The lowest BCUT2D eigenvalue weighted by molar-refractivity contribution is -0.135. The molecule has 0 saturated carbocycles. The molecule has 4 heteroatoms. The predicted molar refractivity (Wildman–Crippen MR) is 65.5 cm³/mol. The van der Waals surface area contributed by atoms with Gasteiger partial charge in [-0.05, 0) is 27.7 Å². The molecule has 1 fully saturated rings. The number of nitrogens with zero attached hydrogens (tertiary/aromatic N) is 1. The molecule has 0 aromatic carbocycles. The highest BCUT2D eigenvalue weighted by molar-refractivity contribution is 4.84. The fourth-order valence-electron chi connectivity index (χ4n) is 2.13. The lowest BCUT2D eigenvalue weighted by Gasteiger charge is -2.42. The Balaban J connectivity index is 2.35. The maximum Gasteiger partial charge on any atom is 0.0831 e. The first-order valence-electron chi connectivity index (χ1n) is 6.15. The molecule has 1 unspecified atom stereocenters. The van der Waals surface area contributed by atoms with E-state index in [2.05, 4.69) is 32.6 Å². The number of morpholine rings is 1. The van der Waals surface area contributed by atoms with Gasteiger partial charge in [0.25, 0.3) is 0 Å². The lowest BCUT2D eigenvalue weighted by atomic mass is 10.1. The maximum atomic E-state index is 5.87. The van der Waals surface area contributed by atoms with Crippen LogP contribution in [0.3, 0.4) is 0 Å². The smallest absolute Gasteiger partial charge is 0.0831 e. The number of rotatable bonds is 5. The minimum atomic E-state index is -0.0971. The van der Waals surface area contributed by atoms with Gasteiger partial charge in [0.05, 0.1) is 24.4 Å². The van der Waals surface area contributed by atoms with E-state index in [-0.39, 0.29) is 11.7 Å². The van der Waals surface area contributed by atoms with Crippen LogP contribution in [-0.4, -0.2) is 55.5 Å². The van der Waals surface area contributed by atoms with Crippen molar-refractivity contribution in [1.82, 2.24) is 4.90 Å². The molecule has 1 aliphatic heterocycles. The minimum Gasteiger partial charge on any atom is -0.377 e. The average molecular weight is 230 g/mol. The van der Waals surface area contributed by atoms with E-state index in [0.717, 1.165) is 26.2 Å². The van der Waals surface area contributed by atoms with E-state index in [1.807, 2.05) is 0 Å². The third kappa shape index (κ3) is 4.78. The van der Waals surface area contributed by atoms with Crippen LogP contribution in [-0.2, 0) is 9.47 Å². The van der Waals surface area contributed by atoms with Crippen LogP contribution >= 0.6 is 0 Å². The van der Waals surface area contributed by atoms with Crippen LogP contribution in [0.1, 0.15) is 27.7 Å². The van der Waals surface area contributed by atoms with Crippen LogP contribution < -0.4 is 5.73 Å². The summed E-state index contributed by atoms with van der Waals surface area (Å²) < 4.78 is 11.4. The van der Waals surface area contributed by atoms with Crippen LogP contribution in [0.4, 0.5) is 0 Å². The molecule has 0 aromatic rings. The second-order valence-corrected chi connectivity index (χ2v) is 5.39. The highest BCUT2D eigenvalue weighted by atomic mass is 16.5. The Morgan fingerprint density at radius 2 is 2.19 bits per heavy atom. The van der Waals surface area contributed by atoms with Gasteiger partial charge in [-0.3, -0.25) is 4.90 Å². The monoisotopic (exact) mass is 230 g/mol. The van der Waals surface area contributed by atoms with E-state index in [1.165, 1.54) is 0 Å². The van der Waals surface area contributed by atoms with Crippen LogP contribution in [0.25, 0.3) is 0 Å². The van der Waals surface area contributed by atoms with Gasteiger partial charge in [0.2, 0.25) is 0 Å². The van der Waals surface area contributed by atoms with E-state index >= 15 is 0 Å². The Labute approximate surface area is 99.1 Å². The van der Waals surface area contributed by atoms with Gasteiger partial charge in [0, 0.05) is 26.2 Å². The van der Waals surface area contributed by atoms with E-state index < -0.39 is 0 Å². The molecule has 0 amide bonds. The summed E-state index contributed by atoms with van der Waals surface area (Å²) >= 11 is 0. The molecule has 1 atom stereocenters. The quantitative estimate of drug-likeness (QED) is 0.760. The molecule has 1 aliphatic rings. The molecule has 0 radical (unpaired) electrons. The van der Waals surface area contributed by atoms with Gasteiger partial charge in [-0.2, -0.15) is 0 Å². The van der Waals surface area contributed by atoms with Crippen LogP contribution in [0.5, 0.6) is 0 Å². The second-order valence-electron chi connectivity index (χ2n) is 5.39. The molecule has 0 aliphatic carbocycles. The topological polar surface area (TPSA) is 47.7 Å². The summed E-state index contributed by atoms with van der Waals surface area (Å²) in [5.74, 6) is 0. The summed E-state index contributed by atoms with van der Waals surface area (Å²) in [5.41, 5.74) is 5.58. The van der Waals surface area contributed by atoms with Crippen molar-refractivity contribution in [3.8, 4) is 0 Å². The first kappa shape index (κ1) is 13.9. The summed E-state index contributed by atoms with van der Waals surface area (Å²) in [6, 6.07) is 0. The zero-order valence-electron chi connectivity index (χ0n) is 11.0. The van der Waals surface area contributed by atoms with Gasteiger partial charge in [-0.15, -0.1) is 0 Å². The highest BCUT2D eigenvalue weighted by Gasteiger charge is 2.32. The number of nitrogens with two attached hydrogens (primary N) is 1. The molecule has 0 spiro atoms. The first-order chi connectivity index (χ1) is 7.43. The molecule has 0 aromatic heterocycles. The molecule has 96 valence electrons. The Morgan fingerprint density at radius 1 is 1.50 bits per heavy atom. The van der Waals surface area contributed by atoms with Crippen LogP contribution in [0.2, 0.25) is 0 Å². The van der Waals surface area contributed by atoms with Crippen LogP contribution in [0, 0.1) is 0 Å². The van der Waals surface area contributed by atoms with Crippen LogP contribution in [0.15, 0.2) is 0 Å². The second kappa shape index (κ2) is 5.96. The van der Waals surface area contributed by atoms with Crippen molar-refractivity contribution in [2.45, 2.75) is 45.5 Å². The summed E-state index contributed by atoms with van der Waals surface area (Å²) in [5, 5.41) is 0. The lowest BCUT2D eigenvalue weighted by Crippen LogP contribution is -2.55. The molecule has 0 bridgehead atoms. The van der Waals surface area contributed by atoms with Gasteiger partial charge >= 0.3 is 0 Å². The largest absolute Gasteiger partial charge is 0.377 e. The first-order valence-corrected chi connectivity index (χ1v) is 6.15. The SMILES string of the molecule is CC(C)OCCN1CC(CN)OC(C)(C)C1. The number of hydrogen-bond donors (Lipinski definition) is 1. The summed E-state index contributed by atoms with van der Waals surface area (Å²) in [4.78, 5) is 2.38. The summed E-state index contributed by atoms with van der Waals surface area (Å²) in [7, 11) is 0. The van der Waals surface area contributed by atoms with E-state index in [9.17, 15) is 0 Å². The Morgan fingerprint density at radius 3 is 2.75 bits per heavy atom. The Kier molecular flexibility index (Phi) is 5.18. The standard InChI is InChI=1S/C12H26N2O2/c1-10(2)15-6-5-14-8-11(7-13)16-12(3,4)9-14/h10-11H,5-9,13H2,1-4H3. The van der Waals surface area contributed by atoms with Crippen molar-refractivity contribution in [1.29, 1.82) is 0 Å². The molecule has 1 saturated heterocycles. The van der Waals surface area contributed by atoms with Gasteiger partial charge in [0.1, 0.15) is 0 Å². The zero-order chi connectivity index (χ0) is 12.2. The Hall–Kier alpha value is -0.160. The van der Waals surface area contributed by atoms with Crippen molar-refractivity contribution < 1.29 is 9.47 Å². The number of ether oxygens (including phenoxy) is 2. The molecule has 4 nitrogen and oxygen atoms in total. The van der Waals surface area contributed by atoms with Crippen molar-refractivity contribution >= 4 is 0 Å². The fourth-order valence-corrected chi connectivity index (χ4v) is 2.13. The molecule has 1 heterocycles. The van der Waals surface area contributed by atoms with E-state index in [4.69, 9.17) is 15.2 Å². The summed E-state index contributed by atoms with van der Waals surface area (Å²) in [6.07, 6.45) is 0.460. The third-order valence-electron chi connectivity index (χ3n) is 2.67. The Bertz CT molecular complexity index is 207. The van der Waals surface area contributed by atoms with Gasteiger partial charge in [0.15, 0.2) is 0 Å². The third-order valence-corrected chi connectivity index (χ3v) is 2.67. The van der Waals surface area contributed by atoms with Gasteiger partial charge in [-0.25, -0.2) is 0 Å². The van der Waals surface area contributed by atoms with Gasteiger partial charge in [-0.1, -0.05) is 0 Å². The number of hydrogen-bond acceptors (Lipinski definition) is 4. The average Bonchev–Trinajstić information content (AvgIpc) is 2.14. The fraction of sp³-hybridized carbons (Fsp3) is 1.00. The normalized spacial score (nSPS) is 26.2. The zero-order valence-corrected chi connectivity index (χ0v) is 11.0. The maximum absolute atomic E-state index is 5.87. The van der Waals surface area contributed by atoms with Gasteiger partial charge < -0.3 is 15.2 Å². The molecular weight excluding hydrogens is 204 g/mol. The molecule has 1 rings (SSSR count). The molecular formula is C12H26N2O2. The van der Waals surface area contributed by atoms with E-state index in [0.29, 0.717) is 12.6 Å².